The van der Waals surface area contributed by atoms with Crippen molar-refractivity contribution in [2.45, 2.75) is 25.5 Å². The summed E-state index contributed by atoms with van der Waals surface area (Å²) in [4.78, 5) is 0. The summed E-state index contributed by atoms with van der Waals surface area (Å²) >= 11 is -1.29. The van der Waals surface area contributed by atoms with Crippen LogP contribution in [0.3, 0.4) is 0 Å². The second kappa shape index (κ2) is 5.15. The van der Waals surface area contributed by atoms with E-state index < -0.39 is 11.4 Å². The molecule has 0 aliphatic heterocycles. The minimum absolute atomic E-state index is 0.377. The summed E-state index contributed by atoms with van der Waals surface area (Å²) in [6.07, 6.45) is 1.50. The van der Waals surface area contributed by atoms with Crippen molar-refractivity contribution in [3.8, 4) is 6.07 Å². The molecule has 0 aromatic heterocycles. The van der Waals surface area contributed by atoms with E-state index in [4.69, 9.17) is 5.26 Å². The van der Waals surface area contributed by atoms with Gasteiger partial charge in [0.2, 0.25) is 0 Å². The van der Waals surface area contributed by atoms with Crippen LogP contribution in [-0.2, 0) is 11.4 Å². The number of hydrogen-bond acceptors (Lipinski definition) is 3. The van der Waals surface area contributed by atoms with Gasteiger partial charge in [0.25, 0.3) is 0 Å². The maximum absolute atomic E-state index is 11.7. The normalized spacial score (nSPS) is 13.7. The maximum atomic E-state index is 11.7. The molecule has 1 aromatic carbocycles. The molecule has 0 aliphatic carbocycles. The van der Waals surface area contributed by atoms with Crippen molar-refractivity contribution in [1.29, 1.82) is 5.26 Å². The first-order chi connectivity index (χ1) is 7.45. The zero-order chi connectivity index (χ0) is 12.2. The van der Waals surface area contributed by atoms with Crippen LogP contribution >= 0.6 is 0 Å². The van der Waals surface area contributed by atoms with Gasteiger partial charge in [-0.05, 0) is 26.8 Å². The zero-order valence-electron chi connectivity index (χ0n) is 9.60. The Labute approximate surface area is 99.1 Å². The van der Waals surface area contributed by atoms with E-state index >= 15 is 0 Å². The summed E-state index contributed by atoms with van der Waals surface area (Å²) in [5.74, 6) is 0. The van der Waals surface area contributed by atoms with Gasteiger partial charge < -0.3 is 4.55 Å². The van der Waals surface area contributed by atoms with Crippen molar-refractivity contribution >= 4 is 17.6 Å². The minimum atomic E-state index is -1.29. The molecule has 0 unspecified atom stereocenters. The fraction of sp³-hybridized carbons (Fsp3) is 0.333. The average Bonchev–Trinajstić information content (AvgIpc) is 2.24. The molecule has 0 spiro atoms. The van der Waals surface area contributed by atoms with Gasteiger partial charge in [-0.3, -0.25) is 0 Å². The number of nitriles is 1. The summed E-state index contributed by atoms with van der Waals surface area (Å²) in [5.41, 5.74) is 1.24. The molecule has 0 amide bonds. The highest BCUT2D eigenvalue weighted by Gasteiger charge is 2.25. The summed E-state index contributed by atoms with van der Waals surface area (Å²) in [6, 6.07) is 9.17. The monoisotopic (exact) mass is 234 g/mol. The van der Waals surface area contributed by atoms with Gasteiger partial charge in [0.15, 0.2) is 0 Å². The molecular formula is C12H14N2OS. The predicted octanol–water partition coefficient (Wildman–Crippen LogP) is 2.44. The van der Waals surface area contributed by atoms with E-state index in [1.807, 2.05) is 26.8 Å². The van der Waals surface area contributed by atoms with Crippen LogP contribution in [-0.4, -0.2) is 15.5 Å². The molecule has 0 aliphatic rings. The molecule has 1 atom stereocenters. The van der Waals surface area contributed by atoms with E-state index in [1.54, 1.807) is 18.2 Å². The van der Waals surface area contributed by atoms with E-state index in [1.165, 1.54) is 6.21 Å². The molecule has 0 radical (unpaired) electrons. The Morgan fingerprint density at radius 2 is 2.00 bits per heavy atom. The van der Waals surface area contributed by atoms with Crippen molar-refractivity contribution in [2.75, 3.05) is 0 Å². The molecule has 0 saturated carbocycles. The van der Waals surface area contributed by atoms with Crippen molar-refractivity contribution in [2.24, 2.45) is 4.40 Å². The molecule has 84 valence electrons. The Morgan fingerprint density at radius 3 is 2.56 bits per heavy atom. The standard InChI is InChI=1S/C12H14N2OS/c1-12(2,3)16(15)14-9-11-7-5-4-6-10(11)8-13/h4-7,9H,1-3H3/b14-9+/t16-/m0/s1. The first kappa shape index (κ1) is 12.8. The molecule has 0 heterocycles. The van der Waals surface area contributed by atoms with E-state index in [0.717, 1.165) is 0 Å². The Morgan fingerprint density at radius 1 is 1.38 bits per heavy atom. The van der Waals surface area contributed by atoms with Gasteiger partial charge in [-0.1, -0.05) is 22.6 Å². The molecule has 16 heavy (non-hydrogen) atoms. The summed E-state index contributed by atoms with van der Waals surface area (Å²) in [7, 11) is 0. The van der Waals surface area contributed by atoms with Gasteiger partial charge in [0.05, 0.1) is 17.8 Å². The lowest BCUT2D eigenvalue weighted by Crippen LogP contribution is -2.25. The fourth-order valence-corrected chi connectivity index (χ4v) is 1.50. The summed E-state index contributed by atoms with van der Waals surface area (Å²) in [6.45, 7) is 5.57. The molecule has 0 N–H and O–H groups in total. The second-order valence-electron chi connectivity index (χ2n) is 4.30. The lowest BCUT2D eigenvalue weighted by Gasteiger charge is -2.17. The van der Waals surface area contributed by atoms with E-state index in [0.29, 0.717) is 11.1 Å². The van der Waals surface area contributed by atoms with Crippen molar-refractivity contribution in [1.82, 2.24) is 0 Å². The summed E-state index contributed by atoms with van der Waals surface area (Å²) in [5, 5.41) is 8.86. The van der Waals surface area contributed by atoms with Gasteiger partial charge >= 0.3 is 0 Å². The van der Waals surface area contributed by atoms with Crippen LogP contribution in [0, 0.1) is 11.3 Å². The first-order valence-electron chi connectivity index (χ1n) is 4.90. The molecule has 4 heteroatoms. The van der Waals surface area contributed by atoms with Crippen LogP contribution in [0.15, 0.2) is 28.7 Å². The van der Waals surface area contributed by atoms with Crippen molar-refractivity contribution in [3.05, 3.63) is 35.4 Å². The smallest absolute Gasteiger partial charge is 0.144 e. The zero-order valence-corrected chi connectivity index (χ0v) is 10.4. The van der Waals surface area contributed by atoms with E-state index in [9.17, 15) is 4.55 Å². The third-order valence-electron chi connectivity index (χ3n) is 1.89. The average molecular weight is 234 g/mol. The van der Waals surface area contributed by atoms with Crippen LogP contribution < -0.4 is 0 Å². The fourth-order valence-electron chi connectivity index (χ4n) is 0.974. The third kappa shape index (κ3) is 3.37. The van der Waals surface area contributed by atoms with Crippen LogP contribution in [0.5, 0.6) is 0 Å². The van der Waals surface area contributed by atoms with Gasteiger partial charge in [-0.2, -0.15) is 5.26 Å². The lowest BCUT2D eigenvalue weighted by atomic mass is 10.1. The van der Waals surface area contributed by atoms with Gasteiger partial charge in [0, 0.05) is 5.56 Å². The van der Waals surface area contributed by atoms with E-state index in [-0.39, 0.29) is 4.75 Å². The Balaban J connectivity index is 2.89. The lowest BCUT2D eigenvalue weighted by molar-refractivity contribution is 0.562. The van der Waals surface area contributed by atoms with Crippen molar-refractivity contribution in [3.63, 3.8) is 0 Å². The number of benzene rings is 1. The SMILES string of the molecule is CC(C)(C)[S@+]([O-])/N=C/c1ccccc1C#N. The van der Waals surface area contributed by atoms with Crippen molar-refractivity contribution < 1.29 is 4.55 Å². The van der Waals surface area contributed by atoms with Crippen LogP contribution in [0.2, 0.25) is 0 Å². The van der Waals surface area contributed by atoms with Gasteiger partial charge in [-0.25, -0.2) is 0 Å². The Hall–Kier alpha value is -1.31. The molecular weight excluding hydrogens is 220 g/mol. The van der Waals surface area contributed by atoms with Crippen LogP contribution in [0.1, 0.15) is 31.9 Å². The molecule has 0 fully saturated rings. The number of rotatable bonds is 2. The quantitative estimate of drug-likeness (QED) is 0.583. The Bertz CT molecular complexity index is 429. The third-order valence-corrected chi connectivity index (χ3v) is 3.24. The van der Waals surface area contributed by atoms with Crippen LogP contribution in [0.25, 0.3) is 0 Å². The highest BCUT2D eigenvalue weighted by Crippen LogP contribution is 2.17. The minimum Gasteiger partial charge on any atom is -0.591 e. The second-order valence-corrected chi connectivity index (χ2v) is 6.23. The highest BCUT2D eigenvalue weighted by molar-refractivity contribution is 7.91. The highest BCUT2D eigenvalue weighted by atomic mass is 32.2. The molecule has 1 rings (SSSR count). The largest absolute Gasteiger partial charge is 0.591 e. The van der Waals surface area contributed by atoms with E-state index in [2.05, 4.69) is 10.5 Å². The molecule has 0 saturated heterocycles. The van der Waals surface area contributed by atoms with Gasteiger partial charge in [-0.15, -0.1) is 0 Å². The van der Waals surface area contributed by atoms with Crippen LogP contribution in [0.4, 0.5) is 0 Å². The topological polar surface area (TPSA) is 59.2 Å². The Kier molecular flexibility index (Phi) is 4.11. The first-order valence-corrected chi connectivity index (χ1v) is 6.01. The number of nitrogens with zero attached hydrogens (tertiary/aromatic N) is 2. The number of hydrogen-bond donors (Lipinski definition) is 0. The summed E-state index contributed by atoms with van der Waals surface area (Å²) < 4.78 is 15.3. The maximum Gasteiger partial charge on any atom is 0.144 e. The molecule has 0 bridgehead atoms. The van der Waals surface area contributed by atoms with Gasteiger partial charge in [0.1, 0.15) is 16.1 Å². The molecule has 3 nitrogen and oxygen atoms in total. The predicted molar refractivity (Wildman–Crippen MR) is 66.6 cm³/mol. The molecule has 1 aromatic rings.